The Kier molecular flexibility index (Phi) is 5.80. The molecule has 0 saturated carbocycles. The first-order valence-corrected chi connectivity index (χ1v) is 9.12. The molecule has 0 saturated heterocycles. The molecular formula is C18H16N3O6S+. The second-order valence-electron chi connectivity index (χ2n) is 5.64. The number of para-hydroxylation sites is 1. The summed E-state index contributed by atoms with van der Waals surface area (Å²) in [6.45, 7) is 0. The average molecular weight is 402 g/mol. The summed E-state index contributed by atoms with van der Waals surface area (Å²) in [5.41, 5.74) is 0.121. The van der Waals surface area contributed by atoms with E-state index in [1.165, 1.54) is 22.9 Å². The second-order valence-corrected chi connectivity index (χ2v) is 6.72. The highest BCUT2D eigenvalue weighted by Crippen LogP contribution is 2.22. The largest absolute Gasteiger partial charge is 0.507 e. The number of amides is 1. The number of aromatic amines is 1. The molecule has 0 aliphatic carbocycles. The van der Waals surface area contributed by atoms with Crippen molar-refractivity contribution in [3.05, 3.63) is 64.5 Å². The maximum absolute atomic E-state index is 12.1. The molecule has 28 heavy (non-hydrogen) atoms. The first kappa shape index (κ1) is 19.2. The molecule has 0 aliphatic rings. The van der Waals surface area contributed by atoms with Gasteiger partial charge in [-0.15, -0.1) is 0 Å². The highest BCUT2D eigenvalue weighted by Gasteiger charge is 2.23. The van der Waals surface area contributed by atoms with Crippen LogP contribution in [0.25, 0.3) is 5.69 Å². The first-order valence-electron chi connectivity index (χ1n) is 8.13. The third kappa shape index (κ3) is 4.41. The standard InChI is InChI=1S/C18H15N3O6S/c22-14-7-6-11(10-13(14)17(24)25)19-15(23)8-9-28-16-18(26)27-20-21(16)12-4-2-1-3-5-12/h1-7,10,20H,8-9H2,(H2,24,25,26)/p+1. The normalized spacial score (nSPS) is 10.6. The van der Waals surface area contributed by atoms with Crippen LogP contribution >= 0.6 is 11.8 Å². The van der Waals surface area contributed by atoms with Crippen molar-refractivity contribution in [1.29, 1.82) is 0 Å². The van der Waals surface area contributed by atoms with Crippen LogP contribution in [0, 0.1) is 0 Å². The number of carbonyl (C=O) groups excluding carboxylic acids is 1. The average Bonchev–Trinajstić information content (AvgIpc) is 3.04. The molecule has 1 aromatic heterocycles. The van der Waals surface area contributed by atoms with E-state index in [0.29, 0.717) is 16.5 Å². The van der Waals surface area contributed by atoms with Crippen LogP contribution < -0.4 is 15.6 Å². The molecule has 10 heteroatoms. The van der Waals surface area contributed by atoms with E-state index in [0.717, 1.165) is 11.8 Å². The maximum Gasteiger partial charge on any atom is 0.442 e. The second kappa shape index (κ2) is 8.44. The molecule has 4 N–H and O–H groups in total. The third-order valence-corrected chi connectivity index (χ3v) is 4.73. The summed E-state index contributed by atoms with van der Waals surface area (Å²) in [4.78, 5) is 35.0. The molecule has 3 aromatic rings. The van der Waals surface area contributed by atoms with E-state index in [9.17, 15) is 19.5 Å². The predicted octanol–water partition coefficient (Wildman–Crippen LogP) is 1.77. The molecule has 0 radical (unpaired) electrons. The van der Waals surface area contributed by atoms with Crippen molar-refractivity contribution in [3.63, 3.8) is 0 Å². The molecular weight excluding hydrogens is 386 g/mol. The number of rotatable bonds is 7. The highest BCUT2D eigenvalue weighted by atomic mass is 32.2. The fourth-order valence-electron chi connectivity index (χ4n) is 2.38. The molecule has 144 valence electrons. The van der Waals surface area contributed by atoms with Gasteiger partial charge in [0.05, 0.1) is 0 Å². The molecule has 9 nitrogen and oxygen atoms in total. The van der Waals surface area contributed by atoms with Crippen molar-refractivity contribution < 1.29 is 29.0 Å². The lowest BCUT2D eigenvalue weighted by Crippen LogP contribution is -2.36. The number of aromatic hydroxyl groups is 1. The van der Waals surface area contributed by atoms with Gasteiger partial charge < -0.3 is 15.5 Å². The van der Waals surface area contributed by atoms with Crippen molar-refractivity contribution in [2.45, 2.75) is 11.4 Å². The van der Waals surface area contributed by atoms with E-state index in [1.54, 1.807) is 12.1 Å². The van der Waals surface area contributed by atoms with Gasteiger partial charge in [-0.2, -0.15) is 0 Å². The summed E-state index contributed by atoms with van der Waals surface area (Å²) in [6.07, 6.45) is 0.0767. The van der Waals surface area contributed by atoms with Crippen LogP contribution in [0.2, 0.25) is 0 Å². The summed E-state index contributed by atoms with van der Waals surface area (Å²) in [6, 6.07) is 12.8. The number of hydrogen-bond donors (Lipinski definition) is 4. The van der Waals surface area contributed by atoms with Gasteiger partial charge in [0.25, 0.3) is 0 Å². The van der Waals surface area contributed by atoms with Crippen LogP contribution in [-0.4, -0.2) is 33.1 Å². The molecule has 0 spiro atoms. The van der Waals surface area contributed by atoms with E-state index in [2.05, 4.69) is 10.6 Å². The first-order chi connectivity index (χ1) is 13.5. The van der Waals surface area contributed by atoms with E-state index in [4.69, 9.17) is 9.63 Å². The monoisotopic (exact) mass is 402 g/mol. The number of carboxylic acids is 1. The van der Waals surface area contributed by atoms with Gasteiger partial charge in [0, 0.05) is 30.0 Å². The van der Waals surface area contributed by atoms with Crippen molar-refractivity contribution >= 4 is 29.3 Å². The number of anilines is 1. The Hall–Kier alpha value is -3.53. The lowest BCUT2D eigenvalue weighted by molar-refractivity contribution is -0.704. The van der Waals surface area contributed by atoms with E-state index in [-0.39, 0.29) is 29.3 Å². The number of hydrogen-bond acceptors (Lipinski definition) is 6. The van der Waals surface area contributed by atoms with Crippen LogP contribution in [0.15, 0.2) is 62.9 Å². The van der Waals surface area contributed by atoms with E-state index < -0.39 is 11.6 Å². The Morgan fingerprint density at radius 1 is 1.18 bits per heavy atom. The van der Waals surface area contributed by atoms with Gasteiger partial charge in [-0.1, -0.05) is 18.2 Å². The lowest BCUT2D eigenvalue weighted by atomic mass is 10.2. The number of benzene rings is 2. The fraction of sp³-hybridized carbons (Fsp3) is 0.111. The summed E-state index contributed by atoms with van der Waals surface area (Å²) in [5, 5.41) is 23.9. The van der Waals surface area contributed by atoms with E-state index >= 15 is 0 Å². The topological polar surface area (TPSA) is 137 Å². The molecule has 0 fully saturated rings. The van der Waals surface area contributed by atoms with Gasteiger partial charge in [0.15, 0.2) is 0 Å². The lowest BCUT2D eigenvalue weighted by Gasteiger charge is -2.06. The van der Waals surface area contributed by atoms with Crippen LogP contribution in [0.4, 0.5) is 5.69 Å². The number of nitrogens with one attached hydrogen (secondary N) is 2. The number of carboxylic acid groups (broad SMARTS) is 1. The number of aromatic nitrogens is 2. The Labute approximate surface area is 162 Å². The van der Waals surface area contributed by atoms with Crippen LogP contribution in [0.3, 0.4) is 0 Å². The molecule has 0 atom stereocenters. The molecule has 3 rings (SSSR count). The van der Waals surface area contributed by atoms with Crippen molar-refractivity contribution in [3.8, 4) is 11.4 Å². The zero-order chi connectivity index (χ0) is 20.1. The van der Waals surface area contributed by atoms with Crippen molar-refractivity contribution in [2.24, 2.45) is 0 Å². The molecule has 0 unspecified atom stereocenters. The Balaban J connectivity index is 1.61. The van der Waals surface area contributed by atoms with E-state index in [1.807, 2.05) is 18.2 Å². The van der Waals surface area contributed by atoms with Crippen molar-refractivity contribution in [2.75, 3.05) is 11.1 Å². The number of phenols is 1. The minimum absolute atomic E-state index is 0.0767. The number of thioether (sulfide) groups is 1. The number of aromatic carboxylic acids is 1. The van der Waals surface area contributed by atoms with Crippen molar-refractivity contribution in [1.82, 2.24) is 5.27 Å². The third-order valence-electron chi connectivity index (χ3n) is 3.70. The SMILES string of the molecule is O=C(CCSc1c(=O)o[nH][n+]1-c1ccccc1)Nc1ccc(O)c(C(=O)O)c1. The zero-order valence-electron chi connectivity index (χ0n) is 14.4. The summed E-state index contributed by atoms with van der Waals surface area (Å²) in [5.74, 6) is -1.74. The quantitative estimate of drug-likeness (QED) is 0.269. The summed E-state index contributed by atoms with van der Waals surface area (Å²) < 4.78 is 6.32. The molecule has 1 heterocycles. The Bertz CT molecular complexity index is 1060. The van der Waals surface area contributed by atoms with Crippen LogP contribution in [0.1, 0.15) is 16.8 Å². The van der Waals surface area contributed by atoms with Crippen LogP contribution in [0.5, 0.6) is 5.75 Å². The van der Waals surface area contributed by atoms with Gasteiger partial charge in [-0.25, -0.2) is 9.59 Å². The molecule has 2 aromatic carbocycles. The molecule has 1 amide bonds. The Morgan fingerprint density at radius 2 is 1.93 bits per heavy atom. The van der Waals surface area contributed by atoms with Gasteiger partial charge in [0.1, 0.15) is 11.3 Å². The number of carbonyl (C=O) groups is 2. The van der Waals surface area contributed by atoms with Gasteiger partial charge >= 0.3 is 16.6 Å². The Morgan fingerprint density at radius 3 is 2.64 bits per heavy atom. The fourth-order valence-corrected chi connectivity index (χ4v) is 3.30. The minimum Gasteiger partial charge on any atom is -0.507 e. The summed E-state index contributed by atoms with van der Waals surface area (Å²) in [7, 11) is 0. The van der Waals surface area contributed by atoms with Gasteiger partial charge in [-0.3, -0.25) is 9.32 Å². The smallest absolute Gasteiger partial charge is 0.442 e. The zero-order valence-corrected chi connectivity index (χ0v) is 15.2. The predicted molar refractivity (Wildman–Crippen MR) is 99.9 cm³/mol. The van der Waals surface area contributed by atoms with Gasteiger partial charge in [0.2, 0.25) is 11.6 Å². The molecule has 0 aliphatic heterocycles. The highest BCUT2D eigenvalue weighted by molar-refractivity contribution is 7.99. The number of nitrogens with zero attached hydrogens (tertiary/aromatic N) is 1. The van der Waals surface area contributed by atoms with Gasteiger partial charge in [-0.05, 0) is 39.9 Å². The van der Waals surface area contributed by atoms with Crippen LogP contribution in [-0.2, 0) is 4.79 Å². The molecule has 0 bridgehead atoms. The maximum atomic E-state index is 12.1. The minimum atomic E-state index is -1.30. The summed E-state index contributed by atoms with van der Waals surface area (Å²) >= 11 is 1.16. The number of H-pyrrole nitrogens is 1.